The van der Waals surface area contributed by atoms with E-state index in [4.69, 9.17) is 0 Å². The largest absolute Gasteiger partial charge is 0.340 e. The third-order valence-electron chi connectivity index (χ3n) is 3.58. The molecule has 1 atom stereocenters. The number of nitrogens with one attached hydrogen (secondary N) is 1. The number of carbonyl (C=O) groups excluding carboxylic acids is 2. The van der Waals surface area contributed by atoms with Crippen LogP contribution in [0, 0.1) is 5.92 Å². The Balaban J connectivity index is 2.16. The highest BCUT2D eigenvalue weighted by Crippen LogP contribution is 2.42. The summed E-state index contributed by atoms with van der Waals surface area (Å²) in [5, 5.41) is 2.49. The van der Waals surface area contributed by atoms with Crippen LogP contribution in [0.2, 0.25) is 0 Å². The van der Waals surface area contributed by atoms with Gasteiger partial charge in [0, 0.05) is 0 Å². The van der Waals surface area contributed by atoms with Crippen LogP contribution in [0.15, 0.2) is 0 Å². The lowest BCUT2D eigenvalue weighted by molar-refractivity contribution is -0.168. The Kier molecular flexibility index (Phi) is 3.22. The van der Waals surface area contributed by atoms with Gasteiger partial charge in [0.05, 0.1) is 13.1 Å². The predicted octanol–water partition coefficient (Wildman–Crippen LogP) is 1.01. The average molecular weight is 282 g/mol. The summed E-state index contributed by atoms with van der Waals surface area (Å²) in [6.45, 7) is -0.583. The van der Waals surface area contributed by atoms with Gasteiger partial charge in [-0.05, 0) is 25.7 Å². The summed E-state index contributed by atoms with van der Waals surface area (Å²) in [4.78, 5) is 24.1. The van der Waals surface area contributed by atoms with Gasteiger partial charge in [-0.2, -0.15) is 8.78 Å². The highest BCUT2D eigenvalue weighted by atomic mass is 19.3. The molecule has 1 aliphatic heterocycles. The van der Waals surface area contributed by atoms with Gasteiger partial charge in [0.25, 0.3) is 0 Å². The number of amides is 2. The van der Waals surface area contributed by atoms with Gasteiger partial charge in [-0.25, -0.2) is 8.78 Å². The fourth-order valence-corrected chi connectivity index (χ4v) is 2.34. The minimum absolute atomic E-state index is 0.105. The Bertz CT molecular complexity index is 411. The van der Waals surface area contributed by atoms with Gasteiger partial charge in [-0.15, -0.1) is 0 Å². The van der Waals surface area contributed by atoms with E-state index in [2.05, 4.69) is 5.32 Å². The molecular weight excluding hydrogens is 268 g/mol. The van der Waals surface area contributed by atoms with Gasteiger partial charge in [-0.3, -0.25) is 9.59 Å². The maximum Gasteiger partial charge on any atom is 0.324 e. The lowest BCUT2D eigenvalue weighted by atomic mass is 9.91. The Morgan fingerprint density at radius 2 is 2.00 bits per heavy atom. The molecule has 4 nitrogen and oxygen atoms in total. The van der Waals surface area contributed by atoms with E-state index in [-0.39, 0.29) is 5.92 Å². The lowest BCUT2D eigenvalue weighted by Gasteiger charge is -2.41. The molecule has 19 heavy (non-hydrogen) atoms. The predicted molar refractivity (Wildman–Crippen MR) is 56.8 cm³/mol. The molecule has 2 aliphatic rings. The van der Waals surface area contributed by atoms with Crippen LogP contribution in [0.3, 0.4) is 0 Å². The molecule has 0 bridgehead atoms. The minimum Gasteiger partial charge on any atom is -0.340 e. The minimum atomic E-state index is -4.31. The SMILES string of the molecule is CC1(C2CC2)NC(=O)CN(CC(F)(F)C(F)F)C1=O. The Morgan fingerprint density at radius 1 is 1.42 bits per heavy atom. The van der Waals surface area contributed by atoms with Crippen LogP contribution in [0.1, 0.15) is 19.8 Å². The van der Waals surface area contributed by atoms with Crippen LogP contribution >= 0.6 is 0 Å². The number of piperazine rings is 1. The quantitative estimate of drug-likeness (QED) is 0.782. The second kappa shape index (κ2) is 4.35. The molecule has 1 saturated heterocycles. The highest BCUT2D eigenvalue weighted by Gasteiger charge is 2.54. The summed E-state index contributed by atoms with van der Waals surface area (Å²) < 4.78 is 50.4. The lowest BCUT2D eigenvalue weighted by Crippen LogP contribution is -2.67. The number of carbonyl (C=O) groups is 2. The maximum absolute atomic E-state index is 13.0. The molecule has 1 aliphatic carbocycles. The highest BCUT2D eigenvalue weighted by molar-refractivity contribution is 5.98. The van der Waals surface area contributed by atoms with Crippen LogP contribution in [-0.4, -0.2) is 47.7 Å². The van der Waals surface area contributed by atoms with Crippen LogP contribution in [0.25, 0.3) is 0 Å². The third-order valence-corrected chi connectivity index (χ3v) is 3.58. The number of alkyl halides is 4. The van der Waals surface area contributed by atoms with Gasteiger partial charge >= 0.3 is 12.3 Å². The number of hydrogen-bond acceptors (Lipinski definition) is 2. The van der Waals surface area contributed by atoms with Gasteiger partial charge in [0.2, 0.25) is 11.8 Å². The van der Waals surface area contributed by atoms with Crippen molar-refractivity contribution in [2.24, 2.45) is 5.92 Å². The van der Waals surface area contributed by atoms with E-state index < -0.39 is 42.8 Å². The van der Waals surface area contributed by atoms with Crippen LogP contribution < -0.4 is 5.32 Å². The molecule has 1 saturated carbocycles. The van der Waals surface area contributed by atoms with Crippen LogP contribution in [0.4, 0.5) is 17.6 Å². The molecule has 1 N–H and O–H groups in total. The summed E-state index contributed by atoms with van der Waals surface area (Å²) in [6, 6.07) is 0. The second-order valence-corrected chi connectivity index (χ2v) is 5.25. The van der Waals surface area contributed by atoms with Gasteiger partial charge < -0.3 is 10.2 Å². The molecule has 0 radical (unpaired) electrons. The molecule has 0 aromatic rings. The molecule has 0 aromatic heterocycles. The molecule has 0 aromatic carbocycles. The molecule has 0 spiro atoms. The van der Waals surface area contributed by atoms with Gasteiger partial charge in [0.15, 0.2) is 0 Å². The summed E-state index contributed by atoms with van der Waals surface area (Å²) in [7, 11) is 0. The van der Waals surface area contributed by atoms with Crippen molar-refractivity contribution < 1.29 is 27.2 Å². The fourth-order valence-electron chi connectivity index (χ4n) is 2.34. The standard InChI is InChI=1S/C11H14F4N2O2/c1-10(6-2-3-6)9(19)17(4-7(18)16-10)5-11(14,15)8(12)13/h6,8H,2-5H2,1H3,(H,16,18). The van der Waals surface area contributed by atoms with Gasteiger partial charge in [0.1, 0.15) is 5.54 Å². The normalized spacial score (nSPS) is 28.8. The molecule has 1 heterocycles. The number of nitrogens with zero attached hydrogens (tertiary/aromatic N) is 1. The molecule has 1 unspecified atom stereocenters. The van der Waals surface area contributed by atoms with Crippen LogP contribution in [-0.2, 0) is 9.59 Å². The molecule has 2 fully saturated rings. The molecule has 8 heteroatoms. The van der Waals surface area contributed by atoms with E-state index in [9.17, 15) is 27.2 Å². The van der Waals surface area contributed by atoms with E-state index >= 15 is 0 Å². The topological polar surface area (TPSA) is 49.4 Å². The summed E-state index contributed by atoms with van der Waals surface area (Å²) in [5.74, 6) is -5.72. The van der Waals surface area contributed by atoms with Crippen molar-refractivity contribution in [3.05, 3.63) is 0 Å². The average Bonchev–Trinajstić information content (AvgIpc) is 3.08. The number of hydrogen-bond donors (Lipinski definition) is 1. The smallest absolute Gasteiger partial charge is 0.324 e. The first-order chi connectivity index (χ1) is 8.67. The second-order valence-electron chi connectivity index (χ2n) is 5.25. The molecule has 108 valence electrons. The zero-order valence-corrected chi connectivity index (χ0v) is 10.3. The van der Waals surface area contributed by atoms with Crippen molar-refractivity contribution in [3.63, 3.8) is 0 Å². The Labute approximate surface area is 107 Å². The van der Waals surface area contributed by atoms with Crippen molar-refractivity contribution in [2.75, 3.05) is 13.1 Å². The summed E-state index contributed by atoms with van der Waals surface area (Å²) in [6.07, 6.45) is -2.44. The molecule has 2 rings (SSSR count). The van der Waals surface area contributed by atoms with Gasteiger partial charge in [-0.1, -0.05) is 0 Å². The van der Waals surface area contributed by atoms with Crippen molar-refractivity contribution in [3.8, 4) is 0 Å². The zero-order valence-electron chi connectivity index (χ0n) is 10.3. The van der Waals surface area contributed by atoms with E-state index in [1.165, 1.54) is 6.92 Å². The van der Waals surface area contributed by atoms with E-state index in [0.29, 0.717) is 17.7 Å². The molecular formula is C11H14F4N2O2. The van der Waals surface area contributed by atoms with E-state index in [0.717, 1.165) is 0 Å². The fraction of sp³-hybridized carbons (Fsp3) is 0.818. The monoisotopic (exact) mass is 282 g/mol. The summed E-state index contributed by atoms with van der Waals surface area (Å²) >= 11 is 0. The van der Waals surface area contributed by atoms with Crippen molar-refractivity contribution >= 4 is 11.8 Å². The number of halogens is 4. The first-order valence-corrected chi connectivity index (χ1v) is 5.93. The Hall–Kier alpha value is -1.34. The van der Waals surface area contributed by atoms with Crippen molar-refractivity contribution in [2.45, 2.75) is 37.7 Å². The zero-order chi connectivity index (χ0) is 14.4. The summed E-state index contributed by atoms with van der Waals surface area (Å²) in [5.41, 5.74) is -1.24. The first kappa shape index (κ1) is 14.1. The first-order valence-electron chi connectivity index (χ1n) is 5.93. The Morgan fingerprint density at radius 3 is 2.47 bits per heavy atom. The van der Waals surface area contributed by atoms with E-state index in [1.807, 2.05) is 0 Å². The van der Waals surface area contributed by atoms with Crippen molar-refractivity contribution in [1.82, 2.24) is 10.2 Å². The third kappa shape index (κ3) is 2.52. The van der Waals surface area contributed by atoms with Crippen LogP contribution in [0.5, 0.6) is 0 Å². The van der Waals surface area contributed by atoms with E-state index in [1.54, 1.807) is 0 Å². The molecule has 2 amide bonds. The number of rotatable bonds is 4. The van der Waals surface area contributed by atoms with Crippen molar-refractivity contribution in [1.29, 1.82) is 0 Å². The maximum atomic E-state index is 13.0.